The number of hydrogen-bond acceptors (Lipinski definition) is 3. The Labute approximate surface area is 90.6 Å². The highest BCUT2D eigenvalue weighted by Crippen LogP contribution is 2.44. The standard InChI is InChI=1S/C12H18N2O/c1-11(2)3-5-12(15,6-4-11)10-9-13-7-8-14-10/h7-9,15H,3-6H2,1-2H3. The van der Waals surface area contributed by atoms with Crippen LogP contribution in [0.1, 0.15) is 45.2 Å². The quantitative estimate of drug-likeness (QED) is 0.766. The van der Waals surface area contributed by atoms with Gasteiger partial charge in [-0.3, -0.25) is 9.97 Å². The van der Waals surface area contributed by atoms with Gasteiger partial charge < -0.3 is 5.11 Å². The van der Waals surface area contributed by atoms with Crippen LogP contribution in [0.5, 0.6) is 0 Å². The van der Waals surface area contributed by atoms with Gasteiger partial charge in [0.1, 0.15) is 5.60 Å². The van der Waals surface area contributed by atoms with Crippen molar-refractivity contribution in [1.29, 1.82) is 0 Å². The van der Waals surface area contributed by atoms with Gasteiger partial charge in [-0.15, -0.1) is 0 Å². The molecule has 0 aliphatic heterocycles. The molecule has 1 aliphatic rings. The minimum absolute atomic E-state index is 0.356. The molecule has 0 aromatic carbocycles. The molecule has 2 rings (SSSR count). The molecule has 1 aliphatic carbocycles. The molecule has 3 heteroatoms. The first kappa shape index (κ1) is 10.6. The molecule has 0 saturated heterocycles. The minimum atomic E-state index is -0.746. The van der Waals surface area contributed by atoms with Crippen molar-refractivity contribution in [2.24, 2.45) is 5.41 Å². The van der Waals surface area contributed by atoms with E-state index in [0.29, 0.717) is 5.41 Å². The van der Waals surface area contributed by atoms with Gasteiger partial charge in [0.2, 0.25) is 0 Å². The van der Waals surface area contributed by atoms with E-state index in [1.807, 2.05) is 0 Å². The molecule has 1 fully saturated rings. The van der Waals surface area contributed by atoms with Crippen LogP contribution in [0.3, 0.4) is 0 Å². The second-order valence-corrected chi connectivity index (χ2v) is 5.29. The van der Waals surface area contributed by atoms with Crippen molar-refractivity contribution in [1.82, 2.24) is 9.97 Å². The Morgan fingerprint density at radius 2 is 1.80 bits per heavy atom. The third-order valence-corrected chi connectivity index (χ3v) is 3.47. The SMILES string of the molecule is CC1(C)CCC(O)(c2cnccn2)CC1. The van der Waals surface area contributed by atoms with E-state index in [0.717, 1.165) is 31.4 Å². The first-order valence-electron chi connectivity index (χ1n) is 5.51. The maximum atomic E-state index is 10.5. The number of rotatable bonds is 1. The summed E-state index contributed by atoms with van der Waals surface area (Å²) in [6.07, 6.45) is 8.63. The second-order valence-electron chi connectivity index (χ2n) is 5.29. The van der Waals surface area contributed by atoms with Crippen LogP contribution in [0.4, 0.5) is 0 Å². The molecule has 1 saturated carbocycles. The predicted molar refractivity (Wildman–Crippen MR) is 58.2 cm³/mol. The zero-order valence-corrected chi connectivity index (χ0v) is 9.40. The third-order valence-electron chi connectivity index (χ3n) is 3.47. The van der Waals surface area contributed by atoms with Crippen molar-refractivity contribution in [3.8, 4) is 0 Å². The van der Waals surface area contributed by atoms with E-state index in [2.05, 4.69) is 23.8 Å². The van der Waals surface area contributed by atoms with Gasteiger partial charge >= 0.3 is 0 Å². The average Bonchev–Trinajstić information content (AvgIpc) is 2.24. The lowest BCUT2D eigenvalue weighted by Crippen LogP contribution is -2.35. The minimum Gasteiger partial charge on any atom is -0.383 e. The van der Waals surface area contributed by atoms with Crippen LogP contribution in [0, 0.1) is 5.41 Å². The average molecular weight is 206 g/mol. The summed E-state index contributed by atoms with van der Waals surface area (Å²) in [6, 6.07) is 0. The zero-order chi connectivity index (χ0) is 10.9. The smallest absolute Gasteiger partial charge is 0.108 e. The summed E-state index contributed by atoms with van der Waals surface area (Å²) in [7, 11) is 0. The van der Waals surface area contributed by atoms with Crippen molar-refractivity contribution in [2.45, 2.75) is 45.1 Å². The van der Waals surface area contributed by atoms with Gasteiger partial charge in [0.15, 0.2) is 0 Å². The molecule has 82 valence electrons. The van der Waals surface area contributed by atoms with Crippen LogP contribution in [-0.2, 0) is 5.60 Å². The zero-order valence-electron chi connectivity index (χ0n) is 9.40. The maximum Gasteiger partial charge on any atom is 0.108 e. The Balaban J connectivity index is 2.17. The van der Waals surface area contributed by atoms with E-state index in [-0.39, 0.29) is 0 Å². The molecular weight excluding hydrogens is 188 g/mol. The summed E-state index contributed by atoms with van der Waals surface area (Å²) in [5.41, 5.74) is 0.332. The molecular formula is C12H18N2O. The summed E-state index contributed by atoms with van der Waals surface area (Å²) < 4.78 is 0. The molecule has 15 heavy (non-hydrogen) atoms. The lowest BCUT2D eigenvalue weighted by molar-refractivity contribution is -0.0342. The van der Waals surface area contributed by atoms with Crippen molar-refractivity contribution in [3.63, 3.8) is 0 Å². The third kappa shape index (κ3) is 2.17. The van der Waals surface area contributed by atoms with E-state index in [1.165, 1.54) is 0 Å². The van der Waals surface area contributed by atoms with Gasteiger partial charge in [-0.1, -0.05) is 13.8 Å². The van der Waals surface area contributed by atoms with E-state index in [9.17, 15) is 5.11 Å². The summed E-state index contributed by atoms with van der Waals surface area (Å²) in [4.78, 5) is 8.23. The molecule has 0 spiro atoms. The molecule has 0 amide bonds. The molecule has 1 heterocycles. The van der Waals surface area contributed by atoms with Crippen LogP contribution >= 0.6 is 0 Å². The first-order valence-corrected chi connectivity index (χ1v) is 5.51. The molecule has 0 atom stereocenters. The predicted octanol–water partition coefficient (Wildman–Crippen LogP) is 2.26. The molecule has 0 bridgehead atoms. The largest absolute Gasteiger partial charge is 0.383 e. The van der Waals surface area contributed by atoms with Gasteiger partial charge in [-0.05, 0) is 31.1 Å². The van der Waals surface area contributed by atoms with E-state index < -0.39 is 5.60 Å². The van der Waals surface area contributed by atoms with E-state index in [4.69, 9.17) is 0 Å². The van der Waals surface area contributed by atoms with Gasteiger partial charge in [0.05, 0.1) is 11.9 Å². The second kappa shape index (κ2) is 3.56. The lowest BCUT2D eigenvalue weighted by Gasteiger charge is -2.39. The number of hydrogen-bond donors (Lipinski definition) is 1. The fraction of sp³-hybridized carbons (Fsp3) is 0.667. The topological polar surface area (TPSA) is 46.0 Å². The normalized spacial score (nSPS) is 23.7. The fourth-order valence-corrected chi connectivity index (χ4v) is 2.14. The van der Waals surface area contributed by atoms with Gasteiger partial charge in [0, 0.05) is 12.4 Å². The van der Waals surface area contributed by atoms with Crippen LogP contribution in [0.15, 0.2) is 18.6 Å². The Morgan fingerprint density at radius 3 is 2.33 bits per heavy atom. The highest BCUT2D eigenvalue weighted by molar-refractivity contribution is 5.09. The Bertz CT molecular complexity index is 325. The summed E-state index contributed by atoms with van der Waals surface area (Å²) >= 11 is 0. The summed E-state index contributed by atoms with van der Waals surface area (Å²) in [6.45, 7) is 4.51. The Kier molecular flexibility index (Phi) is 2.51. The Hall–Kier alpha value is -0.960. The van der Waals surface area contributed by atoms with Crippen molar-refractivity contribution < 1.29 is 5.11 Å². The molecule has 1 aromatic rings. The Morgan fingerprint density at radius 1 is 1.13 bits per heavy atom. The van der Waals surface area contributed by atoms with Crippen LogP contribution in [0.25, 0.3) is 0 Å². The highest BCUT2D eigenvalue weighted by atomic mass is 16.3. The molecule has 0 radical (unpaired) electrons. The molecule has 1 N–H and O–H groups in total. The molecule has 1 aromatic heterocycles. The summed E-state index contributed by atoms with van der Waals surface area (Å²) in [5, 5.41) is 10.5. The molecule has 0 unspecified atom stereocenters. The van der Waals surface area contributed by atoms with Crippen molar-refractivity contribution in [2.75, 3.05) is 0 Å². The number of aromatic nitrogens is 2. The number of aliphatic hydroxyl groups is 1. The fourth-order valence-electron chi connectivity index (χ4n) is 2.14. The lowest BCUT2D eigenvalue weighted by atomic mass is 9.70. The van der Waals surface area contributed by atoms with Gasteiger partial charge in [0.25, 0.3) is 0 Å². The van der Waals surface area contributed by atoms with Gasteiger partial charge in [-0.2, -0.15) is 0 Å². The number of nitrogens with zero attached hydrogens (tertiary/aromatic N) is 2. The monoisotopic (exact) mass is 206 g/mol. The van der Waals surface area contributed by atoms with Gasteiger partial charge in [-0.25, -0.2) is 0 Å². The van der Waals surface area contributed by atoms with E-state index >= 15 is 0 Å². The van der Waals surface area contributed by atoms with Crippen molar-refractivity contribution in [3.05, 3.63) is 24.3 Å². The van der Waals surface area contributed by atoms with Crippen LogP contribution in [-0.4, -0.2) is 15.1 Å². The first-order chi connectivity index (χ1) is 7.02. The maximum absolute atomic E-state index is 10.5. The van der Waals surface area contributed by atoms with Crippen molar-refractivity contribution >= 4 is 0 Å². The summed E-state index contributed by atoms with van der Waals surface area (Å²) in [5.74, 6) is 0. The molecule has 3 nitrogen and oxygen atoms in total. The highest BCUT2D eigenvalue weighted by Gasteiger charge is 2.38. The van der Waals surface area contributed by atoms with Crippen LogP contribution < -0.4 is 0 Å². The van der Waals surface area contributed by atoms with Crippen LogP contribution in [0.2, 0.25) is 0 Å². The van der Waals surface area contributed by atoms with E-state index in [1.54, 1.807) is 18.6 Å².